The number of Topliss-reactive ketones (excluding diaryl/α,β-unsaturated/α-hetero) is 1. The topological polar surface area (TPSA) is 51.2 Å². The van der Waals surface area contributed by atoms with Gasteiger partial charge in [-0.3, -0.25) is 4.79 Å². The van der Waals surface area contributed by atoms with E-state index in [0.717, 1.165) is 0 Å². The third kappa shape index (κ3) is 2.55. The van der Waals surface area contributed by atoms with Gasteiger partial charge in [-0.15, -0.1) is 0 Å². The molecule has 90 valence electrons. The zero-order chi connectivity index (χ0) is 13.0. The van der Waals surface area contributed by atoms with Crippen molar-refractivity contribution in [1.29, 1.82) is 0 Å². The van der Waals surface area contributed by atoms with Crippen LogP contribution in [0.1, 0.15) is 15.9 Å². The van der Waals surface area contributed by atoms with Crippen LogP contribution in [0.3, 0.4) is 0 Å². The molecule has 2 rings (SSSR count). The van der Waals surface area contributed by atoms with Crippen molar-refractivity contribution in [1.82, 2.24) is 0 Å². The number of ketones is 1. The maximum atomic E-state index is 12.2. The molecule has 0 spiro atoms. The number of hydrogen-bond acceptors (Lipinski definition) is 3. The lowest BCUT2D eigenvalue weighted by atomic mass is 10.0. The SMILES string of the molecule is O=C(C(c1ccccc1)=S(=O)=O)c1ccccc1. The molecule has 2 aromatic rings. The fourth-order valence-corrected chi connectivity index (χ4v) is 2.21. The summed E-state index contributed by atoms with van der Waals surface area (Å²) in [4.78, 5) is 12.0. The van der Waals surface area contributed by atoms with Gasteiger partial charge in [-0.1, -0.05) is 60.7 Å². The number of carbonyl (C=O) groups is 1. The van der Waals surface area contributed by atoms with Crippen molar-refractivity contribution in [3.63, 3.8) is 0 Å². The van der Waals surface area contributed by atoms with Gasteiger partial charge in [-0.2, -0.15) is 8.42 Å². The van der Waals surface area contributed by atoms with Gasteiger partial charge < -0.3 is 0 Å². The highest BCUT2D eigenvalue weighted by Gasteiger charge is 2.17. The van der Waals surface area contributed by atoms with Crippen molar-refractivity contribution in [3.05, 3.63) is 71.8 Å². The first-order valence-corrected chi connectivity index (χ1v) is 6.39. The lowest BCUT2D eigenvalue weighted by Gasteiger charge is -2.02. The largest absolute Gasteiger partial charge is 0.287 e. The quantitative estimate of drug-likeness (QED) is 0.624. The smallest absolute Gasteiger partial charge is 0.226 e. The molecular weight excluding hydrogens is 248 g/mol. The van der Waals surface area contributed by atoms with E-state index in [-0.39, 0.29) is 4.86 Å². The highest BCUT2D eigenvalue weighted by Crippen LogP contribution is 2.07. The predicted molar refractivity (Wildman–Crippen MR) is 70.2 cm³/mol. The Hall–Kier alpha value is -2.20. The molecule has 0 amide bonds. The molecule has 0 saturated heterocycles. The molecule has 0 unspecified atom stereocenters. The summed E-state index contributed by atoms with van der Waals surface area (Å²) in [5, 5.41) is 0. The van der Waals surface area contributed by atoms with Crippen LogP contribution in [-0.4, -0.2) is 19.1 Å². The zero-order valence-corrected chi connectivity index (χ0v) is 10.2. The summed E-state index contributed by atoms with van der Waals surface area (Å²) in [6.45, 7) is 0. The van der Waals surface area contributed by atoms with Crippen LogP contribution in [-0.2, 0) is 10.3 Å². The second-order valence-corrected chi connectivity index (χ2v) is 4.50. The van der Waals surface area contributed by atoms with Crippen molar-refractivity contribution in [2.24, 2.45) is 0 Å². The van der Waals surface area contributed by atoms with Crippen LogP contribution < -0.4 is 0 Å². The third-order valence-corrected chi connectivity index (χ3v) is 3.20. The summed E-state index contributed by atoms with van der Waals surface area (Å²) in [5.74, 6) is -0.491. The van der Waals surface area contributed by atoms with Gasteiger partial charge in [-0.25, -0.2) is 0 Å². The van der Waals surface area contributed by atoms with E-state index in [2.05, 4.69) is 0 Å². The Kier molecular flexibility index (Phi) is 3.69. The monoisotopic (exact) mass is 258 g/mol. The van der Waals surface area contributed by atoms with Crippen molar-refractivity contribution in [3.8, 4) is 0 Å². The molecule has 3 nitrogen and oxygen atoms in total. The Morgan fingerprint density at radius 2 is 1.17 bits per heavy atom. The molecule has 0 aliphatic carbocycles. The minimum Gasteiger partial charge on any atom is -0.287 e. The van der Waals surface area contributed by atoms with Crippen molar-refractivity contribution in [2.75, 3.05) is 0 Å². The Morgan fingerprint density at radius 3 is 1.61 bits per heavy atom. The highest BCUT2D eigenvalue weighted by atomic mass is 32.2. The summed E-state index contributed by atoms with van der Waals surface area (Å²) in [5.41, 5.74) is 0.764. The van der Waals surface area contributed by atoms with Crippen LogP contribution in [0.5, 0.6) is 0 Å². The van der Waals surface area contributed by atoms with Gasteiger partial charge in [0.05, 0.1) is 0 Å². The average molecular weight is 258 g/mol. The first-order chi connectivity index (χ1) is 8.70. The third-order valence-electron chi connectivity index (χ3n) is 2.44. The van der Waals surface area contributed by atoms with E-state index in [0.29, 0.717) is 11.1 Å². The molecule has 0 heterocycles. The Morgan fingerprint density at radius 1 is 0.722 bits per heavy atom. The van der Waals surface area contributed by atoms with Crippen molar-refractivity contribution < 1.29 is 13.2 Å². The van der Waals surface area contributed by atoms with Crippen molar-refractivity contribution >= 4 is 20.9 Å². The fraction of sp³-hybridized carbons (Fsp3) is 0. The van der Waals surface area contributed by atoms with Crippen LogP contribution in [0, 0.1) is 0 Å². The molecule has 0 aliphatic rings. The van der Waals surface area contributed by atoms with E-state index >= 15 is 0 Å². The Balaban J connectivity index is 2.54. The second-order valence-electron chi connectivity index (χ2n) is 3.63. The van der Waals surface area contributed by atoms with Gasteiger partial charge in [0.1, 0.15) is 4.86 Å². The van der Waals surface area contributed by atoms with Gasteiger partial charge >= 0.3 is 0 Å². The number of hydrogen-bond donors (Lipinski definition) is 0. The molecule has 0 saturated carbocycles. The molecule has 0 fully saturated rings. The lowest BCUT2D eigenvalue weighted by Crippen LogP contribution is -2.16. The van der Waals surface area contributed by atoms with E-state index in [4.69, 9.17) is 0 Å². The first kappa shape index (κ1) is 12.3. The average Bonchev–Trinajstić information content (AvgIpc) is 2.40. The first-order valence-electron chi connectivity index (χ1n) is 5.31. The summed E-state index contributed by atoms with van der Waals surface area (Å²) >= 11 is 0. The van der Waals surface area contributed by atoms with E-state index in [1.54, 1.807) is 60.7 Å². The van der Waals surface area contributed by atoms with Crippen LogP contribution in [0.2, 0.25) is 0 Å². The van der Waals surface area contributed by atoms with Crippen LogP contribution in [0.4, 0.5) is 0 Å². The summed E-state index contributed by atoms with van der Waals surface area (Å²) in [7, 11) is -2.57. The number of benzene rings is 2. The fourth-order valence-electron chi connectivity index (χ4n) is 1.61. The van der Waals surface area contributed by atoms with Gasteiger partial charge in [0.2, 0.25) is 16.1 Å². The molecule has 0 atom stereocenters. The molecule has 0 aromatic heterocycles. The molecule has 2 aromatic carbocycles. The van der Waals surface area contributed by atoms with Crippen LogP contribution in [0.25, 0.3) is 0 Å². The van der Waals surface area contributed by atoms with E-state index in [1.165, 1.54) is 0 Å². The standard InChI is InChI=1S/C14H10O3S/c15-13(11-7-3-1-4-8-11)14(18(16)17)12-9-5-2-6-10-12/h1-10H. The molecule has 0 aliphatic heterocycles. The summed E-state index contributed by atoms with van der Waals surface area (Å²) in [6.07, 6.45) is 0. The molecular formula is C14H10O3S. The molecule has 0 N–H and O–H groups in total. The number of carbonyl (C=O) groups excluding carboxylic acids is 1. The highest BCUT2D eigenvalue weighted by molar-refractivity contribution is 7.75. The lowest BCUT2D eigenvalue weighted by molar-refractivity contribution is 0.106. The molecule has 0 radical (unpaired) electrons. The van der Waals surface area contributed by atoms with E-state index < -0.39 is 16.1 Å². The predicted octanol–water partition coefficient (Wildman–Crippen LogP) is 1.97. The zero-order valence-electron chi connectivity index (χ0n) is 9.41. The Bertz CT molecular complexity index is 678. The maximum absolute atomic E-state index is 12.2. The Labute approximate surface area is 106 Å². The number of rotatable bonds is 3. The van der Waals surface area contributed by atoms with E-state index in [9.17, 15) is 13.2 Å². The molecule has 18 heavy (non-hydrogen) atoms. The van der Waals surface area contributed by atoms with Gasteiger partial charge in [0.25, 0.3) is 0 Å². The van der Waals surface area contributed by atoms with E-state index in [1.807, 2.05) is 0 Å². The summed E-state index contributed by atoms with van der Waals surface area (Å²) in [6, 6.07) is 16.7. The minimum atomic E-state index is -2.57. The molecule has 0 bridgehead atoms. The molecule has 4 heteroatoms. The normalized spacial score (nSPS) is 9.78. The van der Waals surface area contributed by atoms with Crippen LogP contribution >= 0.6 is 0 Å². The minimum absolute atomic E-state index is 0.207. The maximum Gasteiger partial charge on any atom is 0.226 e. The van der Waals surface area contributed by atoms with Crippen molar-refractivity contribution in [2.45, 2.75) is 0 Å². The van der Waals surface area contributed by atoms with Gasteiger partial charge in [-0.05, 0) is 0 Å². The summed E-state index contributed by atoms with van der Waals surface area (Å²) < 4.78 is 22.5. The second kappa shape index (κ2) is 5.42. The van der Waals surface area contributed by atoms with Gasteiger partial charge in [0.15, 0.2) is 0 Å². The van der Waals surface area contributed by atoms with Crippen LogP contribution in [0.15, 0.2) is 60.7 Å². The van der Waals surface area contributed by atoms with Gasteiger partial charge in [0, 0.05) is 11.1 Å².